The van der Waals surface area contributed by atoms with Gasteiger partial charge in [-0.2, -0.15) is 23.5 Å². The summed E-state index contributed by atoms with van der Waals surface area (Å²) in [6.07, 6.45) is 0. The number of rotatable bonds is 3. The smallest absolute Gasteiger partial charge is 0.159 e. The molecule has 1 nitrogen and oxygen atoms in total. The highest BCUT2D eigenvalue weighted by Gasteiger charge is 2.30. The second-order valence-corrected chi connectivity index (χ2v) is 7.12. The van der Waals surface area contributed by atoms with Crippen molar-refractivity contribution in [1.29, 1.82) is 0 Å². The van der Waals surface area contributed by atoms with Crippen LogP contribution in [0.3, 0.4) is 0 Å². The van der Waals surface area contributed by atoms with Crippen molar-refractivity contribution in [2.24, 2.45) is 0 Å². The van der Waals surface area contributed by atoms with E-state index in [2.05, 4.69) is 12.2 Å². The van der Waals surface area contributed by atoms with Gasteiger partial charge in [-0.3, -0.25) is 0 Å². The van der Waals surface area contributed by atoms with Crippen molar-refractivity contribution in [3.8, 4) is 0 Å². The van der Waals surface area contributed by atoms with Crippen molar-refractivity contribution >= 4 is 23.5 Å². The fourth-order valence-corrected chi connectivity index (χ4v) is 5.23. The minimum absolute atomic E-state index is 0.0629. The Morgan fingerprint density at radius 2 is 1.94 bits per heavy atom. The molecule has 0 spiro atoms. The monoisotopic (exact) mass is 289 g/mol. The topological polar surface area (TPSA) is 12.0 Å². The third-order valence-corrected chi connectivity index (χ3v) is 6.37. The van der Waals surface area contributed by atoms with Crippen LogP contribution in [0.5, 0.6) is 0 Å². The molecule has 18 heavy (non-hydrogen) atoms. The van der Waals surface area contributed by atoms with E-state index in [1.54, 1.807) is 6.07 Å². The van der Waals surface area contributed by atoms with E-state index in [1.165, 1.54) is 12.1 Å². The molecule has 100 valence electrons. The van der Waals surface area contributed by atoms with Crippen molar-refractivity contribution in [2.45, 2.75) is 23.5 Å². The molecule has 1 aliphatic rings. The molecule has 0 saturated carbocycles. The molecule has 1 fully saturated rings. The van der Waals surface area contributed by atoms with Gasteiger partial charge in [-0.15, -0.1) is 0 Å². The normalized spacial score (nSPS) is 26.0. The number of benzene rings is 1. The summed E-state index contributed by atoms with van der Waals surface area (Å²) in [5.74, 6) is 0.721. The Bertz CT molecular complexity index is 414. The van der Waals surface area contributed by atoms with E-state index in [9.17, 15) is 8.78 Å². The predicted molar refractivity (Wildman–Crippen MR) is 76.3 cm³/mol. The summed E-state index contributed by atoms with van der Waals surface area (Å²) >= 11 is 3.85. The van der Waals surface area contributed by atoms with Gasteiger partial charge < -0.3 is 5.32 Å². The largest absolute Gasteiger partial charge is 0.312 e. The third kappa shape index (κ3) is 3.00. The molecular formula is C13H17F2NS2. The quantitative estimate of drug-likeness (QED) is 0.915. The molecule has 0 aromatic heterocycles. The molecule has 0 aliphatic carbocycles. The lowest BCUT2D eigenvalue weighted by molar-refractivity contribution is 0.498. The third-order valence-electron chi connectivity index (χ3n) is 3.18. The molecular weight excluding hydrogens is 272 g/mol. The van der Waals surface area contributed by atoms with Crippen LogP contribution in [0.2, 0.25) is 0 Å². The van der Waals surface area contributed by atoms with Gasteiger partial charge in [-0.25, -0.2) is 8.78 Å². The van der Waals surface area contributed by atoms with E-state index < -0.39 is 11.6 Å². The summed E-state index contributed by atoms with van der Waals surface area (Å²) < 4.78 is 26.3. The maximum Gasteiger partial charge on any atom is 0.159 e. The molecule has 0 radical (unpaired) electrons. The fourth-order valence-electron chi connectivity index (χ4n) is 2.24. The van der Waals surface area contributed by atoms with E-state index in [4.69, 9.17) is 0 Å². The molecule has 1 aromatic rings. The van der Waals surface area contributed by atoms with Crippen LogP contribution in [-0.2, 0) is 0 Å². The van der Waals surface area contributed by atoms with E-state index in [1.807, 2.05) is 30.6 Å². The molecule has 1 saturated heterocycles. The van der Waals surface area contributed by atoms with Gasteiger partial charge in [0.1, 0.15) is 0 Å². The lowest BCUT2D eigenvalue weighted by Gasteiger charge is -2.34. The first-order valence-corrected chi connectivity index (χ1v) is 8.08. The van der Waals surface area contributed by atoms with E-state index in [0.717, 1.165) is 17.1 Å². The minimum atomic E-state index is -0.785. The Morgan fingerprint density at radius 3 is 2.56 bits per heavy atom. The van der Waals surface area contributed by atoms with Crippen molar-refractivity contribution in [2.75, 3.05) is 18.6 Å². The Morgan fingerprint density at radius 1 is 1.22 bits per heavy atom. The standard InChI is InChI=1S/C13H17F2NS2/c1-8-13(18-6-5-17-8)12(16-2)9-3-4-10(14)11(15)7-9/h3-4,7-8,12-13,16H,5-6H2,1-2H3. The number of hydrogen-bond acceptors (Lipinski definition) is 3. The zero-order valence-corrected chi connectivity index (χ0v) is 12.1. The van der Waals surface area contributed by atoms with Crippen molar-refractivity contribution in [3.63, 3.8) is 0 Å². The average Bonchev–Trinajstić information content (AvgIpc) is 2.37. The highest BCUT2D eigenvalue weighted by atomic mass is 32.2. The van der Waals surface area contributed by atoms with Crippen molar-refractivity contribution in [3.05, 3.63) is 35.4 Å². The summed E-state index contributed by atoms with van der Waals surface area (Å²) in [7, 11) is 1.87. The molecule has 1 heterocycles. The predicted octanol–water partition coefficient (Wildman–Crippen LogP) is 3.46. The highest BCUT2D eigenvalue weighted by molar-refractivity contribution is 8.07. The number of thioether (sulfide) groups is 2. The number of hydrogen-bond donors (Lipinski definition) is 1. The molecule has 3 unspecified atom stereocenters. The SMILES string of the molecule is CNC(c1ccc(F)c(F)c1)C1SCCSC1C. The average molecular weight is 289 g/mol. The van der Waals surface area contributed by atoms with Crippen LogP contribution in [0.4, 0.5) is 8.78 Å². The summed E-state index contributed by atoms with van der Waals surface area (Å²) in [6.45, 7) is 2.20. The van der Waals surface area contributed by atoms with Crippen molar-refractivity contribution in [1.82, 2.24) is 5.32 Å². The van der Waals surface area contributed by atoms with Crippen LogP contribution in [0.15, 0.2) is 18.2 Å². The van der Waals surface area contributed by atoms with Gasteiger partial charge in [0, 0.05) is 28.0 Å². The van der Waals surface area contributed by atoms with Gasteiger partial charge in [0.05, 0.1) is 0 Å². The minimum Gasteiger partial charge on any atom is -0.312 e. The summed E-state index contributed by atoms with van der Waals surface area (Å²) in [4.78, 5) is 0. The fraction of sp³-hybridized carbons (Fsp3) is 0.538. The second-order valence-electron chi connectivity index (χ2n) is 4.35. The molecule has 1 N–H and O–H groups in total. The van der Waals surface area contributed by atoms with Gasteiger partial charge in [0.25, 0.3) is 0 Å². The van der Waals surface area contributed by atoms with E-state index in [-0.39, 0.29) is 6.04 Å². The first kappa shape index (κ1) is 14.2. The zero-order valence-electron chi connectivity index (χ0n) is 10.5. The maximum absolute atomic E-state index is 13.3. The second kappa shape index (κ2) is 6.26. The van der Waals surface area contributed by atoms with Crippen LogP contribution in [0, 0.1) is 11.6 Å². The lowest BCUT2D eigenvalue weighted by atomic mass is 10.0. The van der Waals surface area contributed by atoms with Crippen molar-refractivity contribution < 1.29 is 8.78 Å². The first-order chi connectivity index (χ1) is 8.63. The number of nitrogens with one attached hydrogen (secondary N) is 1. The first-order valence-electron chi connectivity index (χ1n) is 5.99. The molecule has 5 heteroatoms. The molecule has 3 atom stereocenters. The number of halogens is 2. The Balaban J connectivity index is 2.23. The van der Waals surface area contributed by atoms with Gasteiger partial charge in [0.2, 0.25) is 0 Å². The highest BCUT2D eigenvalue weighted by Crippen LogP contribution is 2.38. The molecule has 2 rings (SSSR count). The maximum atomic E-state index is 13.3. The molecule has 1 aromatic carbocycles. The summed E-state index contributed by atoms with van der Waals surface area (Å²) in [5.41, 5.74) is 0.822. The van der Waals surface area contributed by atoms with Crippen LogP contribution < -0.4 is 5.32 Å². The van der Waals surface area contributed by atoms with Crippen LogP contribution in [0.25, 0.3) is 0 Å². The van der Waals surface area contributed by atoms with Gasteiger partial charge in [-0.05, 0) is 24.7 Å². The summed E-state index contributed by atoms with van der Waals surface area (Å²) in [6, 6.07) is 4.25. The molecule has 0 bridgehead atoms. The van der Waals surface area contributed by atoms with Gasteiger partial charge in [-0.1, -0.05) is 13.0 Å². The molecule has 0 amide bonds. The lowest BCUT2D eigenvalue weighted by Crippen LogP contribution is -2.36. The van der Waals surface area contributed by atoms with E-state index >= 15 is 0 Å². The molecule has 1 aliphatic heterocycles. The Hall–Kier alpha value is -0.260. The van der Waals surface area contributed by atoms with E-state index in [0.29, 0.717) is 10.5 Å². The Labute approximate surface area is 115 Å². The summed E-state index contributed by atoms with van der Waals surface area (Å²) in [5, 5.41) is 4.14. The van der Waals surface area contributed by atoms with Gasteiger partial charge in [0.15, 0.2) is 11.6 Å². The zero-order chi connectivity index (χ0) is 13.1. The van der Waals surface area contributed by atoms with Crippen LogP contribution >= 0.6 is 23.5 Å². The van der Waals surface area contributed by atoms with Gasteiger partial charge >= 0.3 is 0 Å². The Kier molecular flexibility index (Phi) is 4.92. The van der Waals surface area contributed by atoms with Crippen LogP contribution in [0.1, 0.15) is 18.5 Å². The van der Waals surface area contributed by atoms with Crippen LogP contribution in [-0.4, -0.2) is 29.1 Å².